The number of nitrogens with zero attached hydrogens (tertiary/aromatic N) is 3. The van der Waals surface area contributed by atoms with Gasteiger partial charge in [0, 0.05) is 11.4 Å². The maximum atomic E-state index is 13.8. The second-order valence-electron chi connectivity index (χ2n) is 9.10. The number of carbonyl (C=O) groups is 1. The Morgan fingerprint density at radius 3 is 2.66 bits per heavy atom. The van der Waals surface area contributed by atoms with E-state index in [9.17, 15) is 4.79 Å². The van der Waals surface area contributed by atoms with Crippen LogP contribution in [0.1, 0.15) is 35.2 Å². The number of allylic oxidation sites excluding steroid dienone is 1. The topological polar surface area (TPSA) is 90.3 Å². The Kier molecular flexibility index (Phi) is 7.20. The van der Waals surface area contributed by atoms with E-state index in [0.717, 1.165) is 27.9 Å². The van der Waals surface area contributed by atoms with E-state index < -0.39 is 6.04 Å². The number of fused-ring (bicyclic) bond motifs is 1. The van der Waals surface area contributed by atoms with Crippen LogP contribution < -0.4 is 20.1 Å². The summed E-state index contributed by atoms with van der Waals surface area (Å²) in [5.41, 5.74) is 5.94. The quantitative estimate of drug-likeness (QED) is 0.274. The first kappa shape index (κ1) is 25.5. The summed E-state index contributed by atoms with van der Waals surface area (Å²) >= 11 is 3.67. The average Bonchev–Trinajstić information content (AvgIpc) is 3.38. The fourth-order valence-corrected chi connectivity index (χ4v) is 5.11. The zero-order valence-corrected chi connectivity index (χ0v) is 23.2. The van der Waals surface area contributed by atoms with Crippen LogP contribution in [0.4, 0.5) is 11.6 Å². The highest BCUT2D eigenvalue weighted by Gasteiger charge is 2.34. The molecule has 3 aromatic carbocycles. The van der Waals surface area contributed by atoms with Gasteiger partial charge < -0.3 is 20.1 Å². The average molecular weight is 574 g/mol. The van der Waals surface area contributed by atoms with E-state index in [2.05, 4.69) is 36.6 Å². The van der Waals surface area contributed by atoms with Crippen molar-refractivity contribution in [3.63, 3.8) is 0 Å². The van der Waals surface area contributed by atoms with Crippen molar-refractivity contribution in [3.05, 3.63) is 105 Å². The zero-order valence-electron chi connectivity index (χ0n) is 21.6. The molecule has 1 unspecified atom stereocenters. The molecular weight excluding hydrogens is 546 g/mol. The second-order valence-corrected chi connectivity index (χ2v) is 9.96. The van der Waals surface area contributed by atoms with Gasteiger partial charge in [-0.2, -0.15) is 10.1 Å². The van der Waals surface area contributed by atoms with Crippen LogP contribution in [-0.4, -0.2) is 27.8 Å². The lowest BCUT2D eigenvalue weighted by Crippen LogP contribution is -2.31. The van der Waals surface area contributed by atoms with Crippen molar-refractivity contribution in [2.24, 2.45) is 0 Å². The molecule has 0 saturated carbocycles. The molecule has 0 spiro atoms. The number of hydrogen-bond donors (Lipinski definition) is 2. The minimum atomic E-state index is -0.549. The van der Waals surface area contributed by atoms with Crippen LogP contribution in [-0.2, 0) is 11.4 Å². The van der Waals surface area contributed by atoms with Crippen molar-refractivity contribution in [1.29, 1.82) is 0 Å². The van der Waals surface area contributed by atoms with Crippen molar-refractivity contribution in [2.45, 2.75) is 33.4 Å². The zero-order chi connectivity index (χ0) is 26.8. The minimum Gasteiger partial charge on any atom is -0.493 e. The molecule has 4 aromatic rings. The molecule has 0 bridgehead atoms. The Labute approximate surface area is 229 Å². The maximum absolute atomic E-state index is 13.8. The molecule has 1 atom stereocenters. The first-order valence-electron chi connectivity index (χ1n) is 12.2. The number of nitrogens with one attached hydrogen (secondary N) is 2. The number of rotatable bonds is 7. The fourth-order valence-electron chi connectivity index (χ4n) is 4.54. The first-order valence-corrected chi connectivity index (χ1v) is 13.0. The molecule has 1 amide bonds. The molecule has 9 heteroatoms. The van der Waals surface area contributed by atoms with Crippen LogP contribution in [0.15, 0.2) is 82.7 Å². The molecule has 38 heavy (non-hydrogen) atoms. The molecule has 2 N–H and O–H groups in total. The van der Waals surface area contributed by atoms with E-state index in [1.807, 2.05) is 81.4 Å². The van der Waals surface area contributed by atoms with E-state index in [1.165, 1.54) is 6.33 Å². The maximum Gasteiger partial charge on any atom is 0.255 e. The predicted molar refractivity (Wildman–Crippen MR) is 150 cm³/mol. The lowest BCUT2D eigenvalue weighted by Gasteiger charge is -2.29. The number of aryl methyl sites for hydroxylation is 1. The summed E-state index contributed by atoms with van der Waals surface area (Å²) in [6.07, 6.45) is 1.47. The van der Waals surface area contributed by atoms with Crippen molar-refractivity contribution >= 4 is 33.5 Å². The van der Waals surface area contributed by atoms with Gasteiger partial charge in [0.25, 0.3) is 5.91 Å². The van der Waals surface area contributed by atoms with Crippen LogP contribution in [0.3, 0.4) is 0 Å². The Morgan fingerprint density at radius 1 is 1.11 bits per heavy atom. The van der Waals surface area contributed by atoms with Crippen molar-refractivity contribution < 1.29 is 14.3 Å². The van der Waals surface area contributed by atoms with Crippen LogP contribution in [0, 0.1) is 13.8 Å². The summed E-state index contributed by atoms with van der Waals surface area (Å²) in [4.78, 5) is 18.1. The lowest BCUT2D eigenvalue weighted by atomic mass is 9.94. The number of carbonyl (C=O) groups excluding carboxylic acids is 1. The van der Waals surface area contributed by atoms with E-state index in [0.29, 0.717) is 39.8 Å². The van der Waals surface area contributed by atoms with Crippen LogP contribution >= 0.6 is 15.9 Å². The monoisotopic (exact) mass is 573 g/mol. The standard InChI is InChI=1S/C29H28BrN5O3/c1-17-9-8-12-23(18(17)2)34-28(36)25-19(3)33-29-31-16-32-35(29)26(25)21-13-22(30)27(24(14-21)37-4)38-15-20-10-6-5-7-11-20/h5-14,16,26H,15H2,1-4H3,(H,34,36)(H,31,32,33). The summed E-state index contributed by atoms with van der Waals surface area (Å²) in [6, 6.07) is 19.0. The smallest absolute Gasteiger partial charge is 0.255 e. The number of ether oxygens (including phenoxy) is 2. The number of anilines is 2. The van der Waals surface area contributed by atoms with Gasteiger partial charge in [0.05, 0.1) is 17.2 Å². The summed E-state index contributed by atoms with van der Waals surface area (Å²) < 4.78 is 14.3. The molecule has 0 radical (unpaired) electrons. The van der Waals surface area contributed by atoms with Crippen LogP contribution in [0.2, 0.25) is 0 Å². The molecule has 0 saturated heterocycles. The molecule has 194 valence electrons. The highest BCUT2D eigenvalue weighted by molar-refractivity contribution is 9.10. The molecule has 0 fully saturated rings. The summed E-state index contributed by atoms with van der Waals surface area (Å²) in [6.45, 7) is 6.27. The first-order chi connectivity index (χ1) is 18.4. The van der Waals surface area contributed by atoms with Gasteiger partial charge in [-0.15, -0.1) is 0 Å². The molecule has 2 heterocycles. The molecule has 8 nitrogen and oxygen atoms in total. The summed E-state index contributed by atoms with van der Waals surface area (Å²) in [7, 11) is 1.60. The van der Waals surface area contributed by atoms with E-state index in [-0.39, 0.29) is 5.91 Å². The summed E-state index contributed by atoms with van der Waals surface area (Å²) in [5.74, 6) is 1.44. The lowest BCUT2D eigenvalue weighted by molar-refractivity contribution is -0.113. The van der Waals surface area contributed by atoms with Gasteiger partial charge in [-0.05, 0) is 77.2 Å². The minimum absolute atomic E-state index is 0.227. The van der Waals surface area contributed by atoms with Gasteiger partial charge in [-0.3, -0.25) is 4.79 Å². The third-order valence-corrected chi connectivity index (χ3v) is 7.27. The summed E-state index contributed by atoms with van der Waals surface area (Å²) in [5, 5.41) is 10.8. The van der Waals surface area contributed by atoms with Gasteiger partial charge in [-0.1, -0.05) is 42.5 Å². The Morgan fingerprint density at radius 2 is 1.89 bits per heavy atom. The van der Waals surface area contributed by atoms with Crippen molar-refractivity contribution in [2.75, 3.05) is 17.7 Å². The van der Waals surface area contributed by atoms with E-state index in [4.69, 9.17) is 9.47 Å². The third-order valence-electron chi connectivity index (χ3n) is 6.69. The largest absolute Gasteiger partial charge is 0.493 e. The molecule has 1 aliphatic rings. The Bertz CT molecular complexity index is 1530. The number of aromatic nitrogens is 3. The van der Waals surface area contributed by atoms with Gasteiger partial charge >= 0.3 is 0 Å². The third kappa shape index (κ3) is 4.89. The van der Waals surface area contributed by atoms with Crippen LogP contribution in [0.25, 0.3) is 0 Å². The highest BCUT2D eigenvalue weighted by Crippen LogP contribution is 2.43. The van der Waals surface area contributed by atoms with E-state index >= 15 is 0 Å². The predicted octanol–water partition coefficient (Wildman–Crippen LogP) is 6.17. The van der Waals surface area contributed by atoms with Gasteiger partial charge in [0.2, 0.25) is 5.95 Å². The normalized spacial score (nSPS) is 14.5. The number of hydrogen-bond acceptors (Lipinski definition) is 6. The molecule has 0 aliphatic carbocycles. The van der Waals surface area contributed by atoms with Gasteiger partial charge in [-0.25, -0.2) is 4.68 Å². The SMILES string of the molecule is COc1cc(C2C(C(=O)Nc3cccc(C)c3C)=C(C)Nc3ncnn32)cc(Br)c1OCc1ccccc1. The number of halogens is 1. The fraction of sp³-hybridized carbons (Fsp3) is 0.207. The molecule has 1 aliphatic heterocycles. The van der Waals surface area contributed by atoms with Gasteiger partial charge in [0.1, 0.15) is 19.0 Å². The highest BCUT2D eigenvalue weighted by atomic mass is 79.9. The number of methoxy groups -OCH3 is 1. The molecular formula is C29H28BrN5O3. The van der Waals surface area contributed by atoms with Crippen LogP contribution in [0.5, 0.6) is 11.5 Å². The number of amides is 1. The molecule has 1 aromatic heterocycles. The van der Waals surface area contributed by atoms with Gasteiger partial charge in [0.15, 0.2) is 11.5 Å². The van der Waals surface area contributed by atoms with Crippen molar-refractivity contribution in [1.82, 2.24) is 14.8 Å². The second kappa shape index (κ2) is 10.7. The Hall–Kier alpha value is -4.11. The number of benzene rings is 3. The Balaban J connectivity index is 1.53. The van der Waals surface area contributed by atoms with E-state index in [1.54, 1.807) is 11.8 Å². The van der Waals surface area contributed by atoms with Crippen molar-refractivity contribution in [3.8, 4) is 11.5 Å². The molecule has 5 rings (SSSR count).